The van der Waals surface area contributed by atoms with Crippen LogP contribution in [0.4, 0.5) is 10.5 Å². The first-order chi connectivity index (χ1) is 15.4. The van der Waals surface area contributed by atoms with Crippen molar-refractivity contribution in [3.05, 3.63) is 94.5 Å². The lowest BCUT2D eigenvalue weighted by atomic mass is 9.88. The van der Waals surface area contributed by atoms with Gasteiger partial charge in [0.25, 0.3) is 5.91 Å². The highest BCUT2D eigenvalue weighted by molar-refractivity contribution is 6.34. The van der Waals surface area contributed by atoms with E-state index in [0.717, 1.165) is 17.5 Å². The molecule has 3 aromatic carbocycles. The molecule has 1 fully saturated rings. The number of ether oxygens (including phenoxy) is 1. The van der Waals surface area contributed by atoms with E-state index in [1.54, 1.807) is 29.2 Å². The maximum atomic E-state index is 14.0. The Kier molecular flexibility index (Phi) is 4.94. The Morgan fingerprint density at radius 1 is 1.09 bits per heavy atom. The predicted molar refractivity (Wildman–Crippen MR) is 124 cm³/mol. The molecule has 2 atom stereocenters. The first-order valence-corrected chi connectivity index (χ1v) is 11.1. The number of nitrogens with zero attached hydrogens (tertiary/aromatic N) is 2. The molecule has 6 heteroatoms. The van der Waals surface area contributed by atoms with E-state index in [-0.39, 0.29) is 0 Å². The smallest absolute Gasteiger partial charge is 0.335 e. The van der Waals surface area contributed by atoms with Crippen LogP contribution in [0.15, 0.2) is 72.8 Å². The quantitative estimate of drug-likeness (QED) is 0.479. The summed E-state index contributed by atoms with van der Waals surface area (Å²) in [4.78, 5) is 30.6. The minimum absolute atomic E-state index is 0.303. The average molecular weight is 447 g/mol. The molecule has 0 N–H and O–H groups in total. The fourth-order valence-corrected chi connectivity index (χ4v) is 4.92. The Labute approximate surface area is 192 Å². The van der Waals surface area contributed by atoms with Crippen LogP contribution in [0.1, 0.15) is 47.8 Å². The number of benzene rings is 3. The summed E-state index contributed by atoms with van der Waals surface area (Å²) in [6, 6.07) is 21.3. The second kappa shape index (κ2) is 7.68. The minimum Gasteiger partial charge on any atom is -0.467 e. The number of anilines is 1. The number of aryl methyl sites for hydroxylation is 1. The van der Waals surface area contributed by atoms with Crippen molar-refractivity contribution in [2.24, 2.45) is 0 Å². The van der Waals surface area contributed by atoms with E-state index in [9.17, 15) is 9.59 Å². The van der Waals surface area contributed by atoms with Gasteiger partial charge in [-0.2, -0.15) is 0 Å². The van der Waals surface area contributed by atoms with Gasteiger partial charge in [-0.1, -0.05) is 61.0 Å². The number of para-hydroxylation sites is 1. The van der Waals surface area contributed by atoms with Crippen LogP contribution >= 0.6 is 11.6 Å². The molecule has 0 saturated carbocycles. The van der Waals surface area contributed by atoms with Crippen molar-refractivity contribution in [3.63, 3.8) is 0 Å². The molecule has 5 rings (SSSR count). The predicted octanol–water partition coefficient (Wildman–Crippen LogP) is 6.22. The number of urea groups is 1. The largest absolute Gasteiger partial charge is 0.467 e. The monoisotopic (exact) mass is 446 g/mol. The number of amides is 3. The van der Waals surface area contributed by atoms with Crippen molar-refractivity contribution in [1.82, 2.24) is 4.90 Å². The van der Waals surface area contributed by atoms with E-state index in [1.165, 1.54) is 4.90 Å². The molecule has 2 aliphatic heterocycles. The highest BCUT2D eigenvalue weighted by atomic mass is 35.5. The third-order valence-electron chi connectivity index (χ3n) is 6.26. The number of carbonyl (C=O) groups excluding carboxylic acids is 2. The third-order valence-corrected chi connectivity index (χ3v) is 6.59. The van der Waals surface area contributed by atoms with Crippen LogP contribution in [0.3, 0.4) is 0 Å². The SMILES string of the molecule is CCc1cccc(N2C(=O)N(C(=O)c3ccccc3Cl)C3CC2(C)Oc2ccccc23)c1. The van der Waals surface area contributed by atoms with Gasteiger partial charge < -0.3 is 4.74 Å². The Bertz CT molecular complexity index is 1230. The normalized spacial score (nSPS) is 21.7. The van der Waals surface area contributed by atoms with Crippen LogP contribution in [-0.2, 0) is 6.42 Å². The molecule has 2 aliphatic rings. The van der Waals surface area contributed by atoms with Crippen LogP contribution in [0, 0.1) is 0 Å². The van der Waals surface area contributed by atoms with Gasteiger partial charge in [0.1, 0.15) is 5.75 Å². The van der Waals surface area contributed by atoms with Crippen molar-refractivity contribution < 1.29 is 14.3 Å². The van der Waals surface area contributed by atoms with Crippen LogP contribution in [0.25, 0.3) is 0 Å². The van der Waals surface area contributed by atoms with Gasteiger partial charge in [0.2, 0.25) is 0 Å². The van der Waals surface area contributed by atoms with Gasteiger partial charge in [-0.15, -0.1) is 0 Å². The highest BCUT2D eigenvalue weighted by Crippen LogP contribution is 2.49. The first-order valence-electron chi connectivity index (χ1n) is 10.7. The summed E-state index contributed by atoms with van der Waals surface area (Å²) in [6.07, 6.45) is 1.28. The summed E-state index contributed by atoms with van der Waals surface area (Å²) in [5, 5.41) is 0.318. The molecule has 1 saturated heterocycles. The lowest BCUT2D eigenvalue weighted by Crippen LogP contribution is -2.67. The first kappa shape index (κ1) is 20.6. The minimum atomic E-state index is -0.931. The topological polar surface area (TPSA) is 49.9 Å². The van der Waals surface area contributed by atoms with Gasteiger partial charge in [0, 0.05) is 17.7 Å². The molecule has 2 heterocycles. The molecule has 0 aliphatic carbocycles. The lowest BCUT2D eigenvalue weighted by molar-refractivity contribution is 0.00268. The molecule has 3 amide bonds. The standard InChI is InChI=1S/C26H23ClN2O3/c1-3-17-9-8-10-18(15-17)29-25(31)28(24(30)19-11-4-6-13-21(19)27)22-16-26(29,2)32-23-14-7-5-12-20(22)23/h4-15,22H,3,16H2,1-2H3. The number of rotatable bonds is 3. The number of hydrogen-bond donors (Lipinski definition) is 0. The number of carbonyl (C=O) groups is 2. The summed E-state index contributed by atoms with van der Waals surface area (Å²) in [6.45, 7) is 3.97. The summed E-state index contributed by atoms with van der Waals surface area (Å²) in [5.41, 5.74) is 1.99. The van der Waals surface area contributed by atoms with Crippen molar-refractivity contribution in [2.45, 2.75) is 38.5 Å². The third kappa shape index (κ3) is 3.16. The van der Waals surface area contributed by atoms with E-state index in [4.69, 9.17) is 16.3 Å². The molecule has 3 aromatic rings. The van der Waals surface area contributed by atoms with Gasteiger partial charge in [0.05, 0.1) is 16.6 Å². The zero-order valence-electron chi connectivity index (χ0n) is 17.9. The van der Waals surface area contributed by atoms with E-state index < -0.39 is 23.7 Å². The van der Waals surface area contributed by atoms with Crippen LogP contribution in [0.2, 0.25) is 5.02 Å². The Hall–Kier alpha value is -3.31. The van der Waals surface area contributed by atoms with Gasteiger partial charge >= 0.3 is 6.03 Å². The van der Waals surface area contributed by atoms with E-state index >= 15 is 0 Å². The second-order valence-electron chi connectivity index (χ2n) is 8.33. The maximum absolute atomic E-state index is 14.0. The van der Waals surface area contributed by atoms with Crippen LogP contribution in [-0.4, -0.2) is 22.6 Å². The Morgan fingerprint density at radius 3 is 2.62 bits per heavy atom. The molecule has 5 nitrogen and oxygen atoms in total. The Morgan fingerprint density at radius 2 is 1.84 bits per heavy atom. The molecule has 32 heavy (non-hydrogen) atoms. The van der Waals surface area contributed by atoms with Crippen LogP contribution in [0.5, 0.6) is 5.75 Å². The summed E-state index contributed by atoms with van der Waals surface area (Å²) < 4.78 is 6.40. The highest BCUT2D eigenvalue weighted by Gasteiger charge is 2.55. The molecule has 2 unspecified atom stereocenters. The fraction of sp³-hybridized carbons (Fsp3) is 0.231. The molecule has 0 radical (unpaired) electrons. The number of fused-ring (bicyclic) bond motifs is 4. The lowest BCUT2D eigenvalue weighted by Gasteiger charge is -2.53. The summed E-state index contributed by atoms with van der Waals surface area (Å²) in [5.74, 6) is 0.258. The van der Waals surface area contributed by atoms with Crippen LogP contribution < -0.4 is 9.64 Å². The van der Waals surface area contributed by atoms with Gasteiger partial charge in [0.15, 0.2) is 5.72 Å². The summed E-state index contributed by atoms with van der Waals surface area (Å²) >= 11 is 6.34. The van der Waals surface area contributed by atoms with Crippen molar-refractivity contribution in [1.29, 1.82) is 0 Å². The van der Waals surface area contributed by atoms with Crippen molar-refractivity contribution in [2.75, 3.05) is 4.90 Å². The molecule has 0 spiro atoms. The van der Waals surface area contributed by atoms with Gasteiger partial charge in [-0.3, -0.25) is 14.6 Å². The second-order valence-corrected chi connectivity index (χ2v) is 8.74. The van der Waals surface area contributed by atoms with Gasteiger partial charge in [-0.05, 0) is 49.2 Å². The van der Waals surface area contributed by atoms with Gasteiger partial charge in [-0.25, -0.2) is 4.79 Å². The number of hydrogen-bond acceptors (Lipinski definition) is 3. The Balaban J connectivity index is 1.69. The van der Waals surface area contributed by atoms with E-state index in [2.05, 4.69) is 6.92 Å². The summed E-state index contributed by atoms with van der Waals surface area (Å²) in [7, 11) is 0. The maximum Gasteiger partial charge on any atom is 0.335 e. The molecule has 0 aromatic heterocycles. The fourth-order valence-electron chi connectivity index (χ4n) is 4.70. The zero-order chi connectivity index (χ0) is 22.5. The number of halogens is 1. The zero-order valence-corrected chi connectivity index (χ0v) is 18.7. The van der Waals surface area contributed by atoms with E-state index in [1.807, 2.05) is 55.5 Å². The molecular formula is C26H23ClN2O3. The number of imide groups is 1. The molecule has 2 bridgehead atoms. The average Bonchev–Trinajstić information content (AvgIpc) is 2.79. The molecule has 162 valence electrons. The van der Waals surface area contributed by atoms with Crippen molar-refractivity contribution in [3.8, 4) is 5.75 Å². The van der Waals surface area contributed by atoms with E-state index in [0.29, 0.717) is 28.4 Å². The van der Waals surface area contributed by atoms with Crippen molar-refractivity contribution >= 4 is 29.2 Å². The molecular weight excluding hydrogens is 424 g/mol.